The van der Waals surface area contributed by atoms with Crippen molar-refractivity contribution in [2.45, 2.75) is 33.1 Å². The first-order valence-electron chi connectivity index (χ1n) is 6.83. The molecule has 1 rings (SSSR count). The van der Waals surface area contributed by atoms with E-state index < -0.39 is 0 Å². The number of rotatable bonds is 7. The molecule has 0 aliphatic carbocycles. The van der Waals surface area contributed by atoms with Crippen molar-refractivity contribution in [3.8, 4) is 0 Å². The monoisotopic (exact) mass is 264 g/mol. The van der Waals surface area contributed by atoms with Crippen LogP contribution in [-0.2, 0) is 0 Å². The van der Waals surface area contributed by atoms with Gasteiger partial charge in [0.25, 0.3) is 5.91 Å². The highest BCUT2D eigenvalue weighted by molar-refractivity contribution is 5.99. The van der Waals surface area contributed by atoms with Gasteiger partial charge in [-0.2, -0.15) is 0 Å². The third kappa shape index (κ3) is 4.91. The van der Waals surface area contributed by atoms with Gasteiger partial charge in [0.05, 0.1) is 5.56 Å². The molecule has 1 amide bonds. The topological polar surface area (TPSA) is 75.3 Å². The lowest BCUT2D eigenvalue weighted by Crippen LogP contribution is -2.30. The second kappa shape index (κ2) is 7.79. The average molecular weight is 264 g/mol. The van der Waals surface area contributed by atoms with E-state index in [9.17, 15) is 4.79 Å². The minimum Gasteiger partial charge on any atom is -0.398 e. The van der Waals surface area contributed by atoms with Crippen LogP contribution < -0.4 is 11.1 Å². The summed E-state index contributed by atoms with van der Waals surface area (Å²) in [6.07, 6.45) is 2.77. The van der Waals surface area contributed by atoms with Crippen LogP contribution in [0.1, 0.15) is 42.1 Å². The molecular formula is C15H24N2O2. The van der Waals surface area contributed by atoms with E-state index in [-0.39, 0.29) is 12.5 Å². The number of aliphatic hydroxyl groups is 1. The Balaban J connectivity index is 2.61. The molecule has 0 radical (unpaired) electrons. The van der Waals surface area contributed by atoms with Crippen molar-refractivity contribution >= 4 is 11.6 Å². The number of nitrogens with one attached hydrogen (secondary N) is 1. The van der Waals surface area contributed by atoms with Gasteiger partial charge in [0, 0.05) is 18.8 Å². The maximum atomic E-state index is 12.1. The van der Waals surface area contributed by atoms with Crippen LogP contribution >= 0.6 is 0 Å². The Kier molecular flexibility index (Phi) is 6.36. The van der Waals surface area contributed by atoms with Crippen LogP contribution in [0.15, 0.2) is 18.2 Å². The molecule has 1 aromatic carbocycles. The minimum atomic E-state index is -0.139. The van der Waals surface area contributed by atoms with E-state index in [1.165, 1.54) is 0 Å². The molecule has 0 saturated heterocycles. The van der Waals surface area contributed by atoms with Gasteiger partial charge in [0.1, 0.15) is 0 Å². The van der Waals surface area contributed by atoms with Crippen molar-refractivity contribution in [2.75, 3.05) is 18.9 Å². The van der Waals surface area contributed by atoms with Crippen LogP contribution in [-0.4, -0.2) is 24.2 Å². The zero-order valence-electron chi connectivity index (χ0n) is 11.8. The standard InChI is InChI=1S/C15H24N2O2/c1-3-4-12(7-8-18)10-17-15(19)13-9-11(2)5-6-14(13)16/h5-6,9,12,18H,3-4,7-8,10,16H2,1-2H3,(H,17,19). The summed E-state index contributed by atoms with van der Waals surface area (Å²) in [4.78, 5) is 12.1. The number of aryl methyl sites for hydroxylation is 1. The molecule has 1 unspecified atom stereocenters. The van der Waals surface area contributed by atoms with Gasteiger partial charge >= 0.3 is 0 Å². The molecule has 4 heteroatoms. The number of anilines is 1. The lowest BCUT2D eigenvalue weighted by Gasteiger charge is -2.16. The zero-order chi connectivity index (χ0) is 14.3. The molecule has 1 atom stereocenters. The molecule has 1 aromatic rings. The Bertz CT molecular complexity index is 413. The highest BCUT2D eigenvalue weighted by Crippen LogP contribution is 2.14. The van der Waals surface area contributed by atoms with Crippen molar-refractivity contribution < 1.29 is 9.90 Å². The number of carbonyl (C=O) groups is 1. The van der Waals surface area contributed by atoms with Crippen molar-refractivity contribution in [1.29, 1.82) is 0 Å². The number of hydrogen-bond donors (Lipinski definition) is 3. The zero-order valence-corrected chi connectivity index (χ0v) is 11.8. The van der Waals surface area contributed by atoms with Gasteiger partial charge in [0.15, 0.2) is 0 Å². The summed E-state index contributed by atoms with van der Waals surface area (Å²) >= 11 is 0. The quantitative estimate of drug-likeness (QED) is 0.660. The molecule has 0 aliphatic rings. The lowest BCUT2D eigenvalue weighted by molar-refractivity contribution is 0.0943. The summed E-state index contributed by atoms with van der Waals surface area (Å²) < 4.78 is 0. The third-order valence-corrected chi connectivity index (χ3v) is 3.24. The number of nitrogen functional groups attached to an aromatic ring is 1. The number of amides is 1. The van der Waals surface area contributed by atoms with Gasteiger partial charge in [-0.05, 0) is 37.8 Å². The van der Waals surface area contributed by atoms with E-state index in [1.54, 1.807) is 12.1 Å². The van der Waals surface area contributed by atoms with Crippen molar-refractivity contribution in [1.82, 2.24) is 5.32 Å². The van der Waals surface area contributed by atoms with Crippen molar-refractivity contribution in [3.05, 3.63) is 29.3 Å². The van der Waals surface area contributed by atoms with Gasteiger partial charge in [-0.15, -0.1) is 0 Å². The van der Waals surface area contributed by atoms with E-state index in [2.05, 4.69) is 12.2 Å². The second-order valence-electron chi connectivity index (χ2n) is 4.97. The number of benzene rings is 1. The normalized spacial score (nSPS) is 12.2. The highest BCUT2D eigenvalue weighted by atomic mass is 16.3. The van der Waals surface area contributed by atoms with E-state index in [1.807, 2.05) is 13.0 Å². The molecule has 0 aromatic heterocycles. The summed E-state index contributed by atoms with van der Waals surface area (Å²) in [5, 5.41) is 11.9. The fraction of sp³-hybridized carbons (Fsp3) is 0.533. The number of aliphatic hydroxyl groups excluding tert-OH is 1. The van der Waals surface area contributed by atoms with Crippen LogP contribution in [0, 0.1) is 12.8 Å². The third-order valence-electron chi connectivity index (χ3n) is 3.24. The Labute approximate surface area is 115 Å². The fourth-order valence-corrected chi connectivity index (χ4v) is 2.14. The van der Waals surface area contributed by atoms with Crippen LogP contribution in [0.2, 0.25) is 0 Å². The largest absolute Gasteiger partial charge is 0.398 e. The molecule has 0 aliphatic heterocycles. The first-order valence-corrected chi connectivity index (χ1v) is 6.83. The van der Waals surface area contributed by atoms with Crippen LogP contribution in [0.3, 0.4) is 0 Å². The predicted molar refractivity (Wildman–Crippen MR) is 78.0 cm³/mol. The maximum Gasteiger partial charge on any atom is 0.253 e. The van der Waals surface area contributed by atoms with E-state index >= 15 is 0 Å². The number of hydrogen-bond acceptors (Lipinski definition) is 3. The Morgan fingerprint density at radius 2 is 2.16 bits per heavy atom. The molecule has 0 saturated carbocycles. The van der Waals surface area contributed by atoms with Gasteiger partial charge in [-0.3, -0.25) is 4.79 Å². The SMILES string of the molecule is CCCC(CCO)CNC(=O)c1cc(C)ccc1N. The minimum absolute atomic E-state index is 0.139. The van der Waals surface area contributed by atoms with Crippen molar-refractivity contribution in [3.63, 3.8) is 0 Å². The first-order chi connectivity index (χ1) is 9.08. The van der Waals surface area contributed by atoms with E-state index in [0.717, 1.165) is 24.8 Å². The van der Waals surface area contributed by atoms with Gasteiger partial charge < -0.3 is 16.2 Å². The van der Waals surface area contributed by atoms with E-state index in [0.29, 0.717) is 23.7 Å². The van der Waals surface area contributed by atoms with Crippen LogP contribution in [0.25, 0.3) is 0 Å². The smallest absolute Gasteiger partial charge is 0.253 e. The summed E-state index contributed by atoms with van der Waals surface area (Å²) in [5.74, 6) is 0.185. The molecule has 0 spiro atoms. The van der Waals surface area contributed by atoms with E-state index in [4.69, 9.17) is 10.8 Å². The molecule has 4 nitrogen and oxygen atoms in total. The Morgan fingerprint density at radius 3 is 2.79 bits per heavy atom. The Hall–Kier alpha value is -1.55. The number of nitrogens with two attached hydrogens (primary N) is 1. The molecular weight excluding hydrogens is 240 g/mol. The molecule has 0 bridgehead atoms. The van der Waals surface area contributed by atoms with Gasteiger partial charge in [-0.1, -0.05) is 25.0 Å². The Morgan fingerprint density at radius 1 is 1.42 bits per heavy atom. The second-order valence-corrected chi connectivity index (χ2v) is 4.97. The van der Waals surface area contributed by atoms with Gasteiger partial charge in [-0.25, -0.2) is 0 Å². The molecule has 106 valence electrons. The van der Waals surface area contributed by atoms with Crippen LogP contribution in [0.4, 0.5) is 5.69 Å². The molecule has 4 N–H and O–H groups in total. The van der Waals surface area contributed by atoms with Crippen molar-refractivity contribution in [2.24, 2.45) is 5.92 Å². The summed E-state index contributed by atoms with van der Waals surface area (Å²) in [6.45, 7) is 4.78. The molecule has 0 fully saturated rings. The highest BCUT2D eigenvalue weighted by Gasteiger charge is 2.12. The molecule has 0 heterocycles. The lowest BCUT2D eigenvalue weighted by atomic mass is 10.00. The predicted octanol–water partition coefficient (Wildman–Crippen LogP) is 2.11. The summed E-state index contributed by atoms with van der Waals surface area (Å²) in [7, 11) is 0. The number of carbonyl (C=O) groups excluding carboxylic acids is 1. The maximum absolute atomic E-state index is 12.1. The molecule has 19 heavy (non-hydrogen) atoms. The van der Waals surface area contributed by atoms with Crippen LogP contribution in [0.5, 0.6) is 0 Å². The van der Waals surface area contributed by atoms with Gasteiger partial charge in [0.2, 0.25) is 0 Å². The summed E-state index contributed by atoms with van der Waals surface area (Å²) in [6, 6.07) is 5.44. The fourth-order valence-electron chi connectivity index (χ4n) is 2.14. The summed E-state index contributed by atoms with van der Waals surface area (Å²) in [5.41, 5.74) is 7.85. The first kappa shape index (κ1) is 15.5. The average Bonchev–Trinajstić information content (AvgIpc) is 2.39.